The van der Waals surface area contributed by atoms with E-state index < -0.39 is 5.92 Å². The van der Waals surface area contributed by atoms with E-state index in [0.29, 0.717) is 5.92 Å². The van der Waals surface area contributed by atoms with Gasteiger partial charge in [-0.25, -0.2) is 8.78 Å². The molecule has 0 aromatic heterocycles. The van der Waals surface area contributed by atoms with Crippen LogP contribution in [0.1, 0.15) is 32.1 Å². The van der Waals surface area contributed by atoms with Crippen molar-refractivity contribution in [3.05, 3.63) is 0 Å². The third-order valence-electron chi connectivity index (χ3n) is 4.69. The first kappa shape index (κ1) is 9.56. The highest BCUT2D eigenvalue weighted by Gasteiger charge is 2.63. The second-order valence-electron chi connectivity index (χ2n) is 5.65. The molecule has 4 saturated carbocycles. The van der Waals surface area contributed by atoms with E-state index in [1.165, 1.54) is 6.42 Å². The lowest BCUT2D eigenvalue weighted by Crippen LogP contribution is -2.57. The third-order valence-corrected chi connectivity index (χ3v) is 5.88. The van der Waals surface area contributed by atoms with Gasteiger partial charge < -0.3 is 0 Å². The molecular formula is C11H15BrF2. The fourth-order valence-corrected chi connectivity index (χ4v) is 4.91. The summed E-state index contributed by atoms with van der Waals surface area (Å²) in [5.74, 6) is -2.34. The molecule has 4 aliphatic carbocycles. The zero-order valence-electron chi connectivity index (χ0n) is 8.11. The summed E-state index contributed by atoms with van der Waals surface area (Å²) in [5.41, 5.74) is 0.234. The molecule has 4 fully saturated rings. The van der Waals surface area contributed by atoms with Crippen LogP contribution >= 0.6 is 15.9 Å². The Bertz CT molecular complexity index is 246. The molecule has 0 amide bonds. The maximum Gasteiger partial charge on any atom is 0.253 e. The van der Waals surface area contributed by atoms with Crippen LogP contribution in [0.4, 0.5) is 8.78 Å². The highest BCUT2D eigenvalue weighted by Crippen LogP contribution is 2.65. The minimum atomic E-state index is -2.34. The van der Waals surface area contributed by atoms with Crippen molar-refractivity contribution < 1.29 is 8.78 Å². The number of alkyl halides is 3. The summed E-state index contributed by atoms with van der Waals surface area (Å²) in [7, 11) is 0. The van der Waals surface area contributed by atoms with E-state index in [2.05, 4.69) is 15.9 Å². The maximum absolute atomic E-state index is 13.8. The topological polar surface area (TPSA) is 0 Å². The van der Waals surface area contributed by atoms with Gasteiger partial charge in [0, 0.05) is 17.2 Å². The molecule has 4 rings (SSSR count). The molecule has 0 N–H and O–H groups in total. The molecule has 2 atom stereocenters. The normalized spacial score (nSPS) is 53.8. The molecule has 0 nitrogen and oxygen atoms in total. The van der Waals surface area contributed by atoms with Crippen LogP contribution in [0, 0.1) is 23.2 Å². The Kier molecular flexibility index (Phi) is 1.86. The van der Waals surface area contributed by atoms with Crippen molar-refractivity contribution in [3.63, 3.8) is 0 Å². The minimum absolute atomic E-state index is 0.234. The molecule has 4 bridgehead atoms. The van der Waals surface area contributed by atoms with Crippen molar-refractivity contribution in [1.29, 1.82) is 0 Å². The van der Waals surface area contributed by atoms with E-state index in [-0.39, 0.29) is 17.3 Å². The molecule has 0 aromatic carbocycles. The summed E-state index contributed by atoms with van der Waals surface area (Å²) in [6.07, 6.45) is 4.30. The molecule has 2 unspecified atom stereocenters. The average molecular weight is 265 g/mol. The standard InChI is InChI=1S/C11H15BrF2/c12-6-10-3-7-1-8(4-10)11(13,14)9(2-7)5-10/h7-9H,1-6H2. The van der Waals surface area contributed by atoms with Crippen molar-refractivity contribution in [2.45, 2.75) is 38.0 Å². The first-order chi connectivity index (χ1) is 6.56. The molecule has 4 aliphatic rings. The number of hydrogen-bond acceptors (Lipinski definition) is 0. The lowest BCUT2D eigenvalue weighted by atomic mass is 9.49. The van der Waals surface area contributed by atoms with Gasteiger partial charge in [0.05, 0.1) is 0 Å². The van der Waals surface area contributed by atoms with Crippen molar-refractivity contribution in [1.82, 2.24) is 0 Å². The van der Waals surface area contributed by atoms with Gasteiger partial charge in [-0.1, -0.05) is 15.9 Å². The summed E-state index contributed by atoms with van der Waals surface area (Å²) in [5, 5.41) is 0.930. The molecule has 0 aliphatic heterocycles. The minimum Gasteiger partial charge on any atom is -0.206 e. The zero-order valence-corrected chi connectivity index (χ0v) is 9.69. The van der Waals surface area contributed by atoms with Crippen LogP contribution in [0.5, 0.6) is 0 Å². The predicted octanol–water partition coefficient (Wildman–Crippen LogP) is 3.84. The van der Waals surface area contributed by atoms with Gasteiger partial charge >= 0.3 is 0 Å². The molecule has 14 heavy (non-hydrogen) atoms. The van der Waals surface area contributed by atoms with Crippen molar-refractivity contribution >= 4 is 15.9 Å². The maximum atomic E-state index is 13.8. The predicted molar refractivity (Wildman–Crippen MR) is 54.7 cm³/mol. The summed E-state index contributed by atoms with van der Waals surface area (Å²) in [6, 6.07) is 0. The summed E-state index contributed by atoms with van der Waals surface area (Å²) in [6.45, 7) is 0. The zero-order chi connectivity index (χ0) is 9.97. The Morgan fingerprint density at radius 1 is 1.07 bits per heavy atom. The Balaban J connectivity index is 1.96. The van der Waals surface area contributed by atoms with Crippen molar-refractivity contribution in [2.75, 3.05) is 5.33 Å². The van der Waals surface area contributed by atoms with Crippen LogP contribution in [-0.2, 0) is 0 Å². The Labute approximate surface area is 91.6 Å². The van der Waals surface area contributed by atoms with E-state index in [4.69, 9.17) is 0 Å². The first-order valence-corrected chi connectivity index (χ1v) is 6.62. The van der Waals surface area contributed by atoms with Crippen LogP contribution in [0.2, 0.25) is 0 Å². The lowest BCUT2D eigenvalue weighted by Gasteiger charge is -2.59. The number of rotatable bonds is 1. The van der Waals surface area contributed by atoms with E-state index in [1.807, 2.05) is 0 Å². The summed E-state index contributed by atoms with van der Waals surface area (Å²) < 4.78 is 27.6. The van der Waals surface area contributed by atoms with Crippen LogP contribution < -0.4 is 0 Å². The summed E-state index contributed by atoms with van der Waals surface area (Å²) in [4.78, 5) is 0. The largest absolute Gasteiger partial charge is 0.253 e. The molecular weight excluding hydrogens is 250 g/mol. The quantitative estimate of drug-likeness (QED) is 0.632. The van der Waals surface area contributed by atoms with Gasteiger partial charge in [0.2, 0.25) is 0 Å². The van der Waals surface area contributed by atoms with E-state index >= 15 is 0 Å². The summed E-state index contributed by atoms with van der Waals surface area (Å²) >= 11 is 3.53. The van der Waals surface area contributed by atoms with Crippen molar-refractivity contribution in [3.8, 4) is 0 Å². The fraction of sp³-hybridized carbons (Fsp3) is 1.00. The van der Waals surface area contributed by atoms with Gasteiger partial charge in [-0.15, -0.1) is 0 Å². The van der Waals surface area contributed by atoms with Crippen molar-refractivity contribution in [2.24, 2.45) is 23.2 Å². The van der Waals surface area contributed by atoms with Crippen LogP contribution in [0.15, 0.2) is 0 Å². The van der Waals surface area contributed by atoms with Gasteiger partial charge in [0.25, 0.3) is 5.92 Å². The van der Waals surface area contributed by atoms with Crippen LogP contribution in [0.25, 0.3) is 0 Å². The van der Waals surface area contributed by atoms with Crippen LogP contribution in [0.3, 0.4) is 0 Å². The molecule has 3 heteroatoms. The highest BCUT2D eigenvalue weighted by molar-refractivity contribution is 9.09. The molecule has 0 radical (unpaired) electrons. The third kappa shape index (κ3) is 1.08. The number of hydrogen-bond donors (Lipinski definition) is 0. The second kappa shape index (κ2) is 2.72. The Hall–Kier alpha value is 0.340. The highest BCUT2D eigenvalue weighted by atomic mass is 79.9. The van der Waals surface area contributed by atoms with Gasteiger partial charge in [-0.05, 0) is 43.4 Å². The van der Waals surface area contributed by atoms with Gasteiger partial charge in [-0.2, -0.15) is 0 Å². The average Bonchev–Trinajstić information content (AvgIpc) is 2.14. The molecule has 0 heterocycles. The molecule has 0 spiro atoms. The Morgan fingerprint density at radius 2 is 1.64 bits per heavy atom. The van der Waals surface area contributed by atoms with Gasteiger partial charge in [0.15, 0.2) is 0 Å². The lowest BCUT2D eigenvalue weighted by molar-refractivity contribution is -0.221. The SMILES string of the molecule is FC1(F)C2CC3CC1CC(CBr)(C3)C2. The molecule has 0 saturated heterocycles. The Morgan fingerprint density at radius 3 is 2.14 bits per heavy atom. The molecule has 80 valence electrons. The van der Waals surface area contributed by atoms with Gasteiger partial charge in [0.1, 0.15) is 0 Å². The fourth-order valence-electron chi connectivity index (χ4n) is 4.23. The monoisotopic (exact) mass is 264 g/mol. The van der Waals surface area contributed by atoms with E-state index in [0.717, 1.165) is 31.0 Å². The van der Waals surface area contributed by atoms with E-state index in [1.54, 1.807) is 0 Å². The van der Waals surface area contributed by atoms with Crippen LogP contribution in [-0.4, -0.2) is 11.3 Å². The second-order valence-corrected chi connectivity index (χ2v) is 6.21. The number of halogens is 3. The first-order valence-electron chi connectivity index (χ1n) is 5.49. The smallest absolute Gasteiger partial charge is 0.206 e. The molecule has 0 aromatic rings. The van der Waals surface area contributed by atoms with Gasteiger partial charge in [-0.3, -0.25) is 0 Å². The van der Waals surface area contributed by atoms with E-state index in [9.17, 15) is 8.78 Å².